The first-order chi connectivity index (χ1) is 20.9. The Balaban J connectivity index is 1.76. The molecule has 5 rings (SSSR count). The molecule has 2 unspecified atom stereocenters. The number of nitrogens with zero attached hydrogens (tertiary/aromatic N) is 2. The van der Waals surface area contributed by atoms with E-state index in [0.29, 0.717) is 41.1 Å². The summed E-state index contributed by atoms with van der Waals surface area (Å²) in [7, 11) is 0. The molecule has 2 atom stereocenters. The Labute approximate surface area is 271 Å². The van der Waals surface area contributed by atoms with Crippen molar-refractivity contribution < 1.29 is 9.53 Å². The van der Waals surface area contributed by atoms with Crippen LogP contribution in [0.4, 0.5) is 0 Å². The van der Waals surface area contributed by atoms with Gasteiger partial charge < -0.3 is 4.74 Å². The van der Waals surface area contributed by atoms with Gasteiger partial charge in [0.15, 0.2) is 0 Å². The molecule has 0 aliphatic carbocycles. The molecule has 1 amide bonds. The van der Waals surface area contributed by atoms with Gasteiger partial charge in [0.1, 0.15) is 22.7 Å². The summed E-state index contributed by atoms with van der Waals surface area (Å²) in [6.07, 6.45) is 0.923. The number of ether oxygens (including phenoxy) is 1. The molecule has 1 aliphatic rings. The number of carbonyl (C=O) groups excluding carboxylic acids is 1. The molecular formula is C38H40Cl2N2O2. The van der Waals surface area contributed by atoms with Gasteiger partial charge in [0.25, 0.3) is 0 Å². The number of halogens is 2. The number of hydrogen-bond donors (Lipinski definition) is 0. The van der Waals surface area contributed by atoms with Crippen molar-refractivity contribution in [2.75, 3.05) is 6.61 Å². The normalized spacial score (nSPS) is 20.0. The first kappa shape index (κ1) is 31.8. The molecule has 1 aliphatic heterocycles. The molecule has 0 aromatic heterocycles. The van der Waals surface area contributed by atoms with Crippen LogP contribution in [0.5, 0.6) is 5.75 Å². The number of rotatable bonds is 8. The predicted octanol–water partition coefficient (Wildman–Crippen LogP) is 9.74. The number of aryl methyl sites for hydroxylation is 1. The van der Waals surface area contributed by atoms with E-state index >= 15 is 0 Å². The van der Waals surface area contributed by atoms with Crippen molar-refractivity contribution in [2.24, 2.45) is 4.99 Å². The summed E-state index contributed by atoms with van der Waals surface area (Å²) in [5, 5.41) is 1.27. The van der Waals surface area contributed by atoms with Crippen LogP contribution in [-0.4, -0.2) is 23.2 Å². The van der Waals surface area contributed by atoms with Crippen LogP contribution < -0.4 is 4.74 Å². The third-order valence-electron chi connectivity index (χ3n) is 8.86. The molecule has 0 saturated carbocycles. The van der Waals surface area contributed by atoms with Crippen molar-refractivity contribution in [3.63, 3.8) is 0 Å². The van der Waals surface area contributed by atoms with Crippen LogP contribution in [0.15, 0.2) is 102 Å². The van der Waals surface area contributed by atoms with E-state index < -0.39 is 11.1 Å². The molecule has 6 heteroatoms. The van der Waals surface area contributed by atoms with E-state index in [1.54, 1.807) is 0 Å². The number of amides is 1. The number of benzene rings is 4. The van der Waals surface area contributed by atoms with Gasteiger partial charge in [-0.15, -0.1) is 0 Å². The summed E-state index contributed by atoms with van der Waals surface area (Å²) in [5.41, 5.74) is 3.03. The van der Waals surface area contributed by atoms with E-state index in [1.807, 2.05) is 78.6 Å². The van der Waals surface area contributed by atoms with E-state index in [9.17, 15) is 4.79 Å². The Morgan fingerprint density at radius 1 is 0.841 bits per heavy atom. The molecule has 0 radical (unpaired) electrons. The van der Waals surface area contributed by atoms with Gasteiger partial charge >= 0.3 is 0 Å². The Kier molecular flexibility index (Phi) is 8.98. The van der Waals surface area contributed by atoms with Gasteiger partial charge in [0.2, 0.25) is 5.91 Å². The van der Waals surface area contributed by atoms with E-state index in [1.165, 1.54) is 0 Å². The zero-order valence-corrected chi connectivity index (χ0v) is 27.8. The Morgan fingerprint density at radius 2 is 1.43 bits per heavy atom. The lowest BCUT2D eigenvalue weighted by Gasteiger charge is -2.45. The van der Waals surface area contributed by atoms with Crippen LogP contribution in [0.1, 0.15) is 75.8 Å². The lowest BCUT2D eigenvalue weighted by atomic mass is 9.70. The van der Waals surface area contributed by atoms with Crippen LogP contribution >= 0.6 is 23.2 Å². The van der Waals surface area contributed by atoms with E-state index in [0.717, 1.165) is 27.8 Å². The Bertz CT molecular complexity index is 1660. The predicted molar refractivity (Wildman–Crippen MR) is 182 cm³/mol. The SMILES string of the molecule is CCOc1cc(C(C)(C)C)ccc1C1=NC(C)(c2ccc(Cl)cc2)C(C)(c2ccc(Cl)cc2)N1C(=O)CCc1ccccc1. The molecule has 4 aromatic rings. The van der Waals surface area contributed by atoms with Crippen molar-refractivity contribution in [1.82, 2.24) is 4.90 Å². The topological polar surface area (TPSA) is 41.9 Å². The zero-order chi connectivity index (χ0) is 31.7. The third-order valence-corrected chi connectivity index (χ3v) is 9.36. The van der Waals surface area contributed by atoms with Crippen LogP contribution in [-0.2, 0) is 27.7 Å². The summed E-state index contributed by atoms with van der Waals surface area (Å²) in [4.78, 5) is 22.1. The molecule has 4 aromatic carbocycles. The second-order valence-electron chi connectivity index (χ2n) is 12.7. The second kappa shape index (κ2) is 12.4. The van der Waals surface area contributed by atoms with Crippen molar-refractivity contribution in [1.29, 1.82) is 0 Å². The summed E-state index contributed by atoms with van der Waals surface area (Å²) in [6, 6.07) is 31.9. The van der Waals surface area contributed by atoms with Gasteiger partial charge in [-0.3, -0.25) is 14.7 Å². The highest BCUT2D eigenvalue weighted by Gasteiger charge is 2.59. The minimum absolute atomic E-state index is 0.0231. The van der Waals surface area contributed by atoms with Crippen molar-refractivity contribution >= 4 is 34.9 Å². The van der Waals surface area contributed by atoms with Gasteiger partial charge in [-0.25, -0.2) is 0 Å². The zero-order valence-electron chi connectivity index (χ0n) is 26.3. The van der Waals surface area contributed by atoms with Crippen molar-refractivity contribution in [3.8, 4) is 5.75 Å². The van der Waals surface area contributed by atoms with Gasteiger partial charge in [-0.05, 0) is 91.3 Å². The smallest absolute Gasteiger partial charge is 0.229 e. The number of hydrogen-bond acceptors (Lipinski definition) is 3. The van der Waals surface area contributed by atoms with E-state index in [4.69, 9.17) is 32.9 Å². The summed E-state index contributed by atoms with van der Waals surface area (Å²) >= 11 is 12.7. The minimum atomic E-state index is -0.916. The Morgan fingerprint density at radius 3 is 2.00 bits per heavy atom. The average molecular weight is 628 g/mol. The average Bonchev–Trinajstić information content (AvgIpc) is 3.25. The molecule has 44 heavy (non-hydrogen) atoms. The second-order valence-corrected chi connectivity index (χ2v) is 13.6. The van der Waals surface area contributed by atoms with Crippen LogP contribution in [0.2, 0.25) is 10.0 Å². The lowest BCUT2D eigenvalue weighted by molar-refractivity contribution is -0.132. The lowest BCUT2D eigenvalue weighted by Crippen LogP contribution is -2.55. The quantitative estimate of drug-likeness (QED) is 0.195. The molecule has 228 valence electrons. The first-order valence-electron chi connectivity index (χ1n) is 15.1. The van der Waals surface area contributed by atoms with E-state index in [-0.39, 0.29) is 11.3 Å². The molecule has 4 nitrogen and oxygen atoms in total. The molecule has 0 fully saturated rings. The fourth-order valence-corrected chi connectivity index (χ4v) is 6.36. The standard InChI is InChI=1S/C38H40Cl2N2O2/c1-7-44-33-25-29(36(2,3)4)18-23-32(33)35-41-37(5,27-14-19-30(39)20-15-27)38(6,28-16-21-31(40)22-17-28)42(35)34(43)24-13-26-11-9-8-10-12-26/h8-12,14-23,25H,7,13,24H2,1-6H3. The number of amidine groups is 1. The Hall–Kier alpha value is -3.60. The maximum atomic E-state index is 14.7. The minimum Gasteiger partial charge on any atom is -0.493 e. The van der Waals surface area contributed by atoms with Gasteiger partial charge in [-0.1, -0.05) is 105 Å². The number of carbonyl (C=O) groups is 1. The molecule has 0 spiro atoms. The third kappa shape index (κ3) is 5.90. The maximum Gasteiger partial charge on any atom is 0.229 e. The monoisotopic (exact) mass is 626 g/mol. The molecular weight excluding hydrogens is 587 g/mol. The molecule has 0 N–H and O–H groups in total. The van der Waals surface area contributed by atoms with Crippen LogP contribution in [0, 0.1) is 0 Å². The highest BCUT2D eigenvalue weighted by Crippen LogP contribution is 2.54. The van der Waals surface area contributed by atoms with Gasteiger partial charge in [0, 0.05) is 16.5 Å². The molecule has 1 heterocycles. The van der Waals surface area contributed by atoms with Crippen molar-refractivity contribution in [3.05, 3.63) is 135 Å². The van der Waals surface area contributed by atoms with E-state index in [2.05, 4.69) is 65.0 Å². The number of aliphatic imine (C=N–C) groups is 1. The molecule has 0 bridgehead atoms. The highest BCUT2D eigenvalue weighted by molar-refractivity contribution is 6.30. The van der Waals surface area contributed by atoms with Crippen LogP contribution in [0.3, 0.4) is 0 Å². The van der Waals surface area contributed by atoms with Crippen LogP contribution in [0.25, 0.3) is 0 Å². The fraction of sp³-hybridized carbons (Fsp3) is 0.316. The highest BCUT2D eigenvalue weighted by atomic mass is 35.5. The van der Waals surface area contributed by atoms with Crippen molar-refractivity contribution in [2.45, 2.75) is 70.9 Å². The summed E-state index contributed by atoms with van der Waals surface area (Å²) < 4.78 is 6.27. The van der Waals surface area contributed by atoms with Gasteiger partial charge in [0.05, 0.1) is 12.2 Å². The summed E-state index contributed by atoms with van der Waals surface area (Å²) in [5.74, 6) is 1.27. The first-order valence-corrected chi connectivity index (χ1v) is 15.9. The molecule has 0 saturated heterocycles. The maximum absolute atomic E-state index is 14.7. The fourth-order valence-electron chi connectivity index (χ4n) is 6.11. The van der Waals surface area contributed by atoms with Gasteiger partial charge in [-0.2, -0.15) is 0 Å². The largest absolute Gasteiger partial charge is 0.493 e. The summed E-state index contributed by atoms with van der Waals surface area (Å²) in [6.45, 7) is 13.2.